The molecule has 2 N–H and O–H groups in total. The quantitative estimate of drug-likeness (QED) is 0.409. The number of furan rings is 1. The smallest absolute Gasteiger partial charge is 0.191 e. The van der Waals surface area contributed by atoms with Gasteiger partial charge in [-0.15, -0.1) is 0 Å². The highest BCUT2D eigenvalue weighted by Crippen LogP contribution is 2.08. The second-order valence-corrected chi connectivity index (χ2v) is 5.72. The van der Waals surface area contributed by atoms with Crippen molar-refractivity contribution in [2.45, 2.75) is 13.0 Å². The van der Waals surface area contributed by atoms with Crippen LogP contribution in [0.25, 0.3) is 0 Å². The van der Waals surface area contributed by atoms with E-state index in [-0.39, 0.29) is 0 Å². The molecule has 136 valence electrons. The van der Waals surface area contributed by atoms with Gasteiger partial charge >= 0.3 is 0 Å². The molecular formula is C18H27N5O2. The molecule has 0 aromatic carbocycles. The third-order valence-corrected chi connectivity index (χ3v) is 3.49. The zero-order valence-electron chi connectivity index (χ0n) is 15.2. The van der Waals surface area contributed by atoms with Crippen LogP contribution >= 0.6 is 0 Å². The molecule has 7 nitrogen and oxygen atoms in total. The lowest BCUT2D eigenvalue weighted by Gasteiger charge is -2.13. The monoisotopic (exact) mass is 345 g/mol. The molecular weight excluding hydrogens is 318 g/mol. The summed E-state index contributed by atoms with van der Waals surface area (Å²) >= 11 is 0. The Balaban J connectivity index is 1.92. The van der Waals surface area contributed by atoms with E-state index in [1.807, 2.05) is 49.3 Å². The second-order valence-electron chi connectivity index (χ2n) is 5.72. The maximum Gasteiger partial charge on any atom is 0.191 e. The van der Waals surface area contributed by atoms with Gasteiger partial charge < -0.3 is 24.7 Å². The fourth-order valence-corrected chi connectivity index (χ4v) is 2.17. The normalized spacial score (nSPS) is 11.4. The van der Waals surface area contributed by atoms with E-state index >= 15 is 0 Å². The number of nitrogens with one attached hydrogen (secondary N) is 2. The maximum absolute atomic E-state index is 5.34. The van der Waals surface area contributed by atoms with Gasteiger partial charge in [0, 0.05) is 40.7 Å². The molecule has 0 fully saturated rings. The van der Waals surface area contributed by atoms with Gasteiger partial charge in [0.2, 0.25) is 0 Å². The summed E-state index contributed by atoms with van der Waals surface area (Å²) in [5, 5.41) is 6.56. The predicted octanol–water partition coefficient (Wildman–Crippen LogP) is 1.66. The van der Waals surface area contributed by atoms with Crippen molar-refractivity contribution in [1.82, 2.24) is 15.6 Å². The van der Waals surface area contributed by atoms with Crippen LogP contribution in [0.1, 0.15) is 11.5 Å². The van der Waals surface area contributed by atoms with Gasteiger partial charge in [-0.25, -0.2) is 9.98 Å². The number of ether oxygens (including phenoxy) is 1. The molecule has 0 aliphatic carbocycles. The molecule has 2 rings (SSSR count). The molecule has 7 heteroatoms. The standard InChI is InChI=1S/C18H27N5O2/c1-23(2)17-8-4-6-15(22-17)14-21-18(20-11-13-24-3)19-10-9-16-7-5-12-25-16/h4-8,12H,9-11,13-14H2,1-3H3,(H2,19,20,21). The van der Waals surface area contributed by atoms with Crippen molar-refractivity contribution < 1.29 is 9.15 Å². The molecule has 25 heavy (non-hydrogen) atoms. The fourth-order valence-electron chi connectivity index (χ4n) is 2.17. The van der Waals surface area contributed by atoms with Crippen LogP contribution in [0.2, 0.25) is 0 Å². The molecule has 0 saturated heterocycles. The Labute approximate surface area is 149 Å². The topological polar surface area (TPSA) is 74.9 Å². The van der Waals surface area contributed by atoms with Gasteiger partial charge in [0.15, 0.2) is 5.96 Å². The zero-order valence-corrected chi connectivity index (χ0v) is 15.2. The summed E-state index contributed by atoms with van der Waals surface area (Å²) in [4.78, 5) is 11.2. The van der Waals surface area contributed by atoms with Gasteiger partial charge in [0.1, 0.15) is 11.6 Å². The van der Waals surface area contributed by atoms with E-state index < -0.39 is 0 Å². The zero-order chi connectivity index (χ0) is 17.9. The van der Waals surface area contributed by atoms with Crippen molar-refractivity contribution in [1.29, 1.82) is 0 Å². The van der Waals surface area contributed by atoms with Crippen molar-refractivity contribution >= 4 is 11.8 Å². The van der Waals surface area contributed by atoms with Gasteiger partial charge in [-0.05, 0) is 24.3 Å². The Hall–Kier alpha value is -2.54. The molecule has 0 atom stereocenters. The van der Waals surface area contributed by atoms with Crippen molar-refractivity contribution in [3.8, 4) is 0 Å². The molecule has 0 aliphatic rings. The van der Waals surface area contributed by atoms with Crippen LogP contribution in [-0.2, 0) is 17.7 Å². The molecule has 0 bridgehead atoms. The van der Waals surface area contributed by atoms with E-state index in [0.29, 0.717) is 19.7 Å². The van der Waals surface area contributed by atoms with Gasteiger partial charge in [0.05, 0.1) is 25.1 Å². The average molecular weight is 345 g/mol. The number of methoxy groups -OCH3 is 1. The minimum atomic E-state index is 0.505. The number of rotatable bonds is 9. The number of hydrogen-bond donors (Lipinski definition) is 2. The molecule has 2 aromatic rings. The first-order valence-electron chi connectivity index (χ1n) is 8.36. The molecule has 2 heterocycles. The Morgan fingerprint density at radius 3 is 2.76 bits per heavy atom. The van der Waals surface area contributed by atoms with E-state index in [0.717, 1.165) is 36.2 Å². The third-order valence-electron chi connectivity index (χ3n) is 3.49. The number of anilines is 1. The van der Waals surface area contributed by atoms with Crippen LogP contribution < -0.4 is 15.5 Å². The van der Waals surface area contributed by atoms with Gasteiger partial charge in [-0.1, -0.05) is 6.07 Å². The van der Waals surface area contributed by atoms with Crippen LogP contribution in [0.5, 0.6) is 0 Å². The summed E-state index contributed by atoms with van der Waals surface area (Å²) in [6.07, 6.45) is 2.48. The van der Waals surface area contributed by atoms with Crippen molar-refractivity contribution in [3.05, 3.63) is 48.0 Å². The SMILES string of the molecule is COCCNC(=NCc1cccc(N(C)C)n1)NCCc1ccco1. The Morgan fingerprint density at radius 2 is 2.04 bits per heavy atom. The molecule has 2 aromatic heterocycles. The van der Waals surface area contributed by atoms with Crippen LogP contribution in [-0.4, -0.2) is 51.8 Å². The number of nitrogens with zero attached hydrogens (tertiary/aromatic N) is 3. The van der Waals surface area contributed by atoms with Crippen LogP contribution in [0, 0.1) is 0 Å². The van der Waals surface area contributed by atoms with Crippen LogP contribution in [0.4, 0.5) is 5.82 Å². The Kier molecular flexibility index (Phi) is 7.78. The summed E-state index contributed by atoms with van der Waals surface area (Å²) in [7, 11) is 5.63. The van der Waals surface area contributed by atoms with E-state index in [1.54, 1.807) is 13.4 Å². The van der Waals surface area contributed by atoms with Crippen molar-refractivity contribution in [3.63, 3.8) is 0 Å². The molecule has 0 radical (unpaired) electrons. The molecule has 0 unspecified atom stereocenters. The molecule has 0 aliphatic heterocycles. The molecule has 0 amide bonds. The number of guanidine groups is 1. The van der Waals surface area contributed by atoms with Gasteiger partial charge in [0.25, 0.3) is 0 Å². The Morgan fingerprint density at radius 1 is 1.20 bits per heavy atom. The first-order chi connectivity index (χ1) is 12.2. The minimum Gasteiger partial charge on any atom is -0.469 e. The summed E-state index contributed by atoms with van der Waals surface area (Å²) in [5.41, 5.74) is 0.921. The number of pyridine rings is 1. The highest BCUT2D eigenvalue weighted by molar-refractivity contribution is 5.79. The van der Waals surface area contributed by atoms with E-state index in [9.17, 15) is 0 Å². The largest absolute Gasteiger partial charge is 0.469 e. The summed E-state index contributed by atoms with van der Waals surface area (Å²) in [6, 6.07) is 9.81. The van der Waals surface area contributed by atoms with Crippen LogP contribution in [0.15, 0.2) is 46.0 Å². The summed E-state index contributed by atoms with van der Waals surface area (Å²) < 4.78 is 10.4. The number of hydrogen-bond acceptors (Lipinski definition) is 5. The lowest BCUT2D eigenvalue weighted by atomic mass is 10.3. The van der Waals surface area contributed by atoms with Gasteiger partial charge in [-0.3, -0.25) is 0 Å². The van der Waals surface area contributed by atoms with E-state index in [1.165, 1.54) is 0 Å². The highest BCUT2D eigenvalue weighted by atomic mass is 16.5. The lowest BCUT2D eigenvalue weighted by molar-refractivity contribution is 0.203. The fraction of sp³-hybridized carbons (Fsp3) is 0.444. The Bertz CT molecular complexity index is 641. The first-order valence-corrected chi connectivity index (χ1v) is 8.36. The maximum atomic E-state index is 5.34. The molecule has 0 spiro atoms. The lowest BCUT2D eigenvalue weighted by Crippen LogP contribution is -2.40. The highest BCUT2D eigenvalue weighted by Gasteiger charge is 2.02. The van der Waals surface area contributed by atoms with Gasteiger partial charge in [-0.2, -0.15) is 0 Å². The summed E-state index contributed by atoms with van der Waals surface area (Å²) in [6.45, 7) is 2.55. The average Bonchev–Trinajstić information content (AvgIpc) is 3.13. The number of aliphatic imine (C=N–C) groups is 1. The third kappa shape index (κ3) is 6.84. The van der Waals surface area contributed by atoms with E-state index in [2.05, 4.69) is 20.6 Å². The van der Waals surface area contributed by atoms with E-state index in [4.69, 9.17) is 9.15 Å². The minimum absolute atomic E-state index is 0.505. The summed E-state index contributed by atoms with van der Waals surface area (Å²) in [5.74, 6) is 2.61. The second kappa shape index (κ2) is 10.4. The van der Waals surface area contributed by atoms with Crippen LogP contribution in [0.3, 0.4) is 0 Å². The predicted molar refractivity (Wildman–Crippen MR) is 100.0 cm³/mol. The van der Waals surface area contributed by atoms with Crippen molar-refractivity contribution in [2.75, 3.05) is 45.8 Å². The molecule has 0 saturated carbocycles. The van der Waals surface area contributed by atoms with Crippen molar-refractivity contribution in [2.24, 2.45) is 4.99 Å². The first kappa shape index (κ1) is 18.8. The number of aromatic nitrogens is 1.